The van der Waals surface area contributed by atoms with Crippen LogP contribution in [0.3, 0.4) is 0 Å². The second kappa shape index (κ2) is 5.25. The minimum absolute atomic E-state index is 0.0377. The number of fused-ring (bicyclic) bond motifs is 1. The molecule has 0 fully saturated rings. The van der Waals surface area contributed by atoms with Gasteiger partial charge in [-0.1, -0.05) is 16.8 Å². The van der Waals surface area contributed by atoms with E-state index in [1.807, 2.05) is 0 Å². The Morgan fingerprint density at radius 3 is 2.81 bits per heavy atom. The number of rotatable bonds is 2. The van der Waals surface area contributed by atoms with Crippen LogP contribution in [0, 0.1) is 5.82 Å². The Morgan fingerprint density at radius 1 is 1.33 bits per heavy atom. The van der Waals surface area contributed by atoms with Gasteiger partial charge in [0.05, 0.1) is 18.8 Å². The van der Waals surface area contributed by atoms with Gasteiger partial charge < -0.3 is 19.1 Å². The number of halogens is 2. The van der Waals surface area contributed by atoms with Gasteiger partial charge in [-0.05, 0) is 6.07 Å². The fourth-order valence-corrected chi connectivity index (χ4v) is 2.17. The van der Waals surface area contributed by atoms with Gasteiger partial charge in [0.15, 0.2) is 28.8 Å². The quantitative estimate of drug-likeness (QED) is 0.917. The maximum Gasteiger partial charge on any atom is 0.358 e. The number of aromatic carboxylic acids is 1. The molecule has 0 aliphatic carbocycles. The van der Waals surface area contributed by atoms with Gasteiger partial charge in [-0.3, -0.25) is 0 Å². The van der Waals surface area contributed by atoms with Crippen molar-refractivity contribution in [3.05, 3.63) is 28.7 Å². The number of benzene rings is 1. The zero-order chi connectivity index (χ0) is 15.0. The first-order valence-corrected chi connectivity index (χ1v) is 6.43. The Labute approximate surface area is 123 Å². The summed E-state index contributed by atoms with van der Waals surface area (Å²) in [5.41, 5.74) is -0.364. The normalized spacial score (nSPS) is 13.8. The Bertz CT molecular complexity index is 715. The summed E-state index contributed by atoms with van der Waals surface area (Å²) in [5, 5.41) is 11.9. The first-order chi connectivity index (χ1) is 10.1. The van der Waals surface area contributed by atoms with Crippen LogP contribution in [0.25, 0.3) is 11.3 Å². The maximum atomic E-state index is 14.3. The Morgan fingerprint density at radius 2 is 2.10 bits per heavy atom. The Hall–Kier alpha value is -2.28. The molecule has 1 aliphatic heterocycles. The fraction of sp³-hybridized carbons (Fsp3) is 0.231. The van der Waals surface area contributed by atoms with Crippen molar-refractivity contribution in [3.8, 4) is 22.8 Å². The van der Waals surface area contributed by atoms with Gasteiger partial charge in [-0.2, -0.15) is 0 Å². The third-order valence-corrected chi connectivity index (χ3v) is 3.25. The lowest BCUT2D eigenvalue weighted by atomic mass is 10.1. The standard InChI is InChI=1S/C13H9ClFNO5/c14-10-11(15)6(8-5-7(13(17)18)16-21-8)4-9-12(10)20-3-1-2-19-9/h4-5H,1-3H2,(H,17,18). The van der Waals surface area contributed by atoms with E-state index in [1.54, 1.807) is 0 Å². The van der Waals surface area contributed by atoms with Crippen molar-refractivity contribution in [2.75, 3.05) is 13.2 Å². The summed E-state index contributed by atoms with van der Waals surface area (Å²) in [6.07, 6.45) is 0.646. The van der Waals surface area contributed by atoms with Crippen molar-refractivity contribution in [3.63, 3.8) is 0 Å². The van der Waals surface area contributed by atoms with Crippen molar-refractivity contribution < 1.29 is 28.3 Å². The summed E-state index contributed by atoms with van der Waals surface area (Å²) in [7, 11) is 0. The van der Waals surface area contributed by atoms with Gasteiger partial charge in [-0.25, -0.2) is 9.18 Å². The molecule has 3 rings (SSSR count). The molecule has 0 bridgehead atoms. The molecule has 0 spiro atoms. The second-order valence-electron chi connectivity index (χ2n) is 4.31. The highest BCUT2D eigenvalue weighted by atomic mass is 35.5. The molecule has 0 radical (unpaired) electrons. The zero-order valence-corrected chi connectivity index (χ0v) is 11.3. The van der Waals surface area contributed by atoms with Gasteiger partial charge >= 0.3 is 5.97 Å². The summed E-state index contributed by atoms with van der Waals surface area (Å²) in [6.45, 7) is 0.780. The van der Waals surface area contributed by atoms with Crippen LogP contribution in [0.4, 0.5) is 4.39 Å². The van der Waals surface area contributed by atoms with Crippen LogP contribution in [0.2, 0.25) is 5.02 Å². The van der Waals surface area contributed by atoms with Crippen LogP contribution in [0.5, 0.6) is 11.5 Å². The van der Waals surface area contributed by atoms with E-state index in [0.717, 1.165) is 6.07 Å². The van der Waals surface area contributed by atoms with Crippen molar-refractivity contribution in [2.24, 2.45) is 0 Å². The molecule has 1 aromatic heterocycles. The minimum atomic E-state index is -1.27. The average molecular weight is 314 g/mol. The monoisotopic (exact) mass is 313 g/mol. The molecule has 2 heterocycles. The summed E-state index contributed by atoms with van der Waals surface area (Å²) >= 11 is 5.95. The van der Waals surface area contributed by atoms with Crippen LogP contribution < -0.4 is 9.47 Å². The molecule has 1 aromatic carbocycles. The predicted molar refractivity (Wildman–Crippen MR) is 69.5 cm³/mol. The number of carboxylic acids is 1. The lowest BCUT2D eigenvalue weighted by Crippen LogP contribution is -1.97. The molecule has 0 saturated heterocycles. The molecule has 1 N–H and O–H groups in total. The van der Waals surface area contributed by atoms with Crippen molar-refractivity contribution in [1.82, 2.24) is 5.16 Å². The van der Waals surface area contributed by atoms with Crippen LogP contribution in [0.15, 0.2) is 16.7 Å². The summed E-state index contributed by atoms with van der Waals surface area (Å²) in [6, 6.07) is 2.47. The number of carbonyl (C=O) groups is 1. The van der Waals surface area contributed by atoms with Crippen LogP contribution >= 0.6 is 11.6 Å². The van der Waals surface area contributed by atoms with Crippen LogP contribution in [-0.2, 0) is 0 Å². The number of nitrogens with zero attached hydrogens (tertiary/aromatic N) is 1. The van der Waals surface area contributed by atoms with Gasteiger partial charge in [-0.15, -0.1) is 0 Å². The van der Waals surface area contributed by atoms with Gasteiger partial charge in [0.2, 0.25) is 0 Å². The van der Waals surface area contributed by atoms with Gasteiger partial charge in [0.25, 0.3) is 0 Å². The van der Waals surface area contributed by atoms with Crippen LogP contribution in [-0.4, -0.2) is 29.4 Å². The third-order valence-electron chi connectivity index (χ3n) is 2.92. The lowest BCUT2D eigenvalue weighted by molar-refractivity contribution is 0.0686. The maximum absolute atomic E-state index is 14.3. The molecule has 0 atom stereocenters. The SMILES string of the molecule is O=C(O)c1cc(-c2cc3c(c(Cl)c2F)OCCCO3)on1. The van der Waals surface area contributed by atoms with E-state index >= 15 is 0 Å². The number of carboxylic acid groups (broad SMARTS) is 1. The first kappa shape index (κ1) is 13.7. The van der Waals surface area contributed by atoms with Crippen molar-refractivity contribution in [2.45, 2.75) is 6.42 Å². The molecule has 21 heavy (non-hydrogen) atoms. The second-order valence-corrected chi connectivity index (χ2v) is 4.69. The summed E-state index contributed by atoms with van der Waals surface area (Å²) in [4.78, 5) is 10.8. The minimum Gasteiger partial charge on any atom is -0.489 e. The molecular weight excluding hydrogens is 305 g/mol. The lowest BCUT2D eigenvalue weighted by Gasteiger charge is -2.11. The van der Waals surface area contributed by atoms with E-state index in [1.165, 1.54) is 6.07 Å². The van der Waals surface area contributed by atoms with Gasteiger partial charge in [0.1, 0.15) is 5.02 Å². The van der Waals surface area contributed by atoms with Gasteiger partial charge in [0, 0.05) is 12.5 Å². The summed E-state index contributed by atoms with van der Waals surface area (Å²) < 4.78 is 30.0. The number of aromatic nitrogens is 1. The van der Waals surface area contributed by atoms with E-state index in [2.05, 4.69) is 5.16 Å². The fourth-order valence-electron chi connectivity index (χ4n) is 1.93. The first-order valence-electron chi connectivity index (χ1n) is 6.06. The summed E-state index contributed by atoms with van der Waals surface area (Å²) in [5.74, 6) is -1.70. The van der Waals surface area contributed by atoms with E-state index in [0.29, 0.717) is 19.6 Å². The highest BCUT2D eigenvalue weighted by Crippen LogP contribution is 2.43. The molecule has 2 aromatic rings. The van der Waals surface area contributed by atoms with E-state index in [9.17, 15) is 9.18 Å². The van der Waals surface area contributed by atoms with Crippen LogP contribution in [0.1, 0.15) is 16.9 Å². The molecule has 6 nitrogen and oxygen atoms in total. The molecule has 0 saturated carbocycles. The van der Waals surface area contributed by atoms with E-state index in [4.69, 9.17) is 30.7 Å². The van der Waals surface area contributed by atoms with Crippen molar-refractivity contribution >= 4 is 17.6 Å². The molecule has 1 aliphatic rings. The van der Waals surface area contributed by atoms with E-state index in [-0.39, 0.29) is 33.5 Å². The molecule has 8 heteroatoms. The Kier molecular flexibility index (Phi) is 3.42. The number of ether oxygens (including phenoxy) is 2. The Balaban J connectivity index is 2.12. The third kappa shape index (κ3) is 2.40. The van der Waals surface area contributed by atoms with E-state index < -0.39 is 11.8 Å². The topological polar surface area (TPSA) is 81.8 Å². The molecule has 110 valence electrons. The average Bonchev–Trinajstić information content (AvgIpc) is 2.83. The van der Waals surface area contributed by atoms with Crippen molar-refractivity contribution in [1.29, 1.82) is 0 Å². The largest absolute Gasteiger partial charge is 0.489 e. The molecule has 0 unspecified atom stereocenters. The number of hydrogen-bond donors (Lipinski definition) is 1. The highest BCUT2D eigenvalue weighted by Gasteiger charge is 2.24. The number of hydrogen-bond acceptors (Lipinski definition) is 5. The predicted octanol–water partition coefficient (Wildman–Crippen LogP) is 2.99. The molecular formula is C13H9ClFNO5. The smallest absolute Gasteiger partial charge is 0.358 e. The highest BCUT2D eigenvalue weighted by molar-refractivity contribution is 6.32. The zero-order valence-electron chi connectivity index (χ0n) is 10.6. The molecule has 0 amide bonds.